The first kappa shape index (κ1) is 21.7. The molecule has 34 heavy (non-hydrogen) atoms. The molecule has 3 aromatic carbocycles. The average molecular weight is 473 g/mol. The van der Waals surface area contributed by atoms with Crippen molar-refractivity contribution in [3.8, 4) is 33.9 Å². The number of anilines is 2. The number of H-pyrrole nitrogens is 2. The van der Waals surface area contributed by atoms with E-state index < -0.39 is 15.1 Å². The Morgan fingerprint density at radius 2 is 1.53 bits per heavy atom. The van der Waals surface area contributed by atoms with E-state index in [1.165, 1.54) is 0 Å². The van der Waals surface area contributed by atoms with E-state index in [-0.39, 0.29) is 10.8 Å². The number of fused-ring (bicyclic) bond motifs is 1. The number of aromatic nitrogens is 4. The fraction of sp³-hybridized carbons (Fsp3) is 0.120. The van der Waals surface area contributed by atoms with Crippen molar-refractivity contribution in [2.24, 2.45) is 0 Å². The van der Waals surface area contributed by atoms with E-state index in [1.807, 2.05) is 60.7 Å². The van der Waals surface area contributed by atoms with Crippen molar-refractivity contribution in [3.63, 3.8) is 0 Å². The van der Waals surface area contributed by atoms with Gasteiger partial charge in [-0.05, 0) is 50.2 Å². The maximum absolute atomic E-state index is 13.2. The number of nitrogens with zero attached hydrogens (tertiary/aromatic N) is 2. The molecule has 2 heterocycles. The summed E-state index contributed by atoms with van der Waals surface area (Å²) in [6, 6.07) is 20.6. The minimum atomic E-state index is -3.64. The monoisotopic (exact) mass is 472 g/mol. The minimum Gasteiger partial charge on any atom is -0.399 e. The van der Waals surface area contributed by atoms with Crippen molar-refractivity contribution in [1.82, 2.24) is 19.9 Å². The van der Waals surface area contributed by atoms with E-state index in [4.69, 9.17) is 16.5 Å². The molecule has 0 radical (unpaired) electrons. The second-order valence-electron chi connectivity index (χ2n) is 8.38. The molecule has 2 aromatic heterocycles. The SMILES string of the molecule is CC(C)S(=O)(=O)c1cc(-c2nc(-c3ccc(N)cc3)[nH]c2-c2ccccc2)cc2[nH]c(N)nc12. The van der Waals surface area contributed by atoms with Crippen LogP contribution in [0.2, 0.25) is 0 Å². The maximum Gasteiger partial charge on any atom is 0.198 e. The molecule has 0 aliphatic heterocycles. The van der Waals surface area contributed by atoms with Gasteiger partial charge in [-0.2, -0.15) is 0 Å². The second-order valence-corrected chi connectivity index (χ2v) is 10.9. The lowest BCUT2D eigenvalue weighted by Gasteiger charge is -2.11. The molecule has 172 valence electrons. The Bertz CT molecular complexity index is 1600. The first-order valence-corrected chi connectivity index (χ1v) is 12.3. The van der Waals surface area contributed by atoms with Gasteiger partial charge in [0.15, 0.2) is 15.8 Å². The first-order chi connectivity index (χ1) is 16.2. The summed E-state index contributed by atoms with van der Waals surface area (Å²) in [5, 5.41) is -0.623. The third-order valence-corrected chi connectivity index (χ3v) is 7.89. The third-order valence-electron chi connectivity index (χ3n) is 5.72. The Morgan fingerprint density at radius 3 is 2.21 bits per heavy atom. The standard InChI is InChI=1S/C25H24N6O2S/c1-14(2)34(32,33)20-13-17(12-19-23(20)31-25(27)28-19)22-21(15-6-4-3-5-7-15)29-24(30-22)16-8-10-18(26)11-9-16/h3-14H,26H2,1-2H3,(H,29,30)(H3,27,28,31). The van der Waals surface area contributed by atoms with Gasteiger partial charge in [0.1, 0.15) is 11.3 Å². The topological polar surface area (TPSA) is 144 Å². The number of nitrogen functional groups attached to an aromatic ring is 2. The number of benzene rings is 3. The molecule has 0 saturated carbocycles. The highest BCUT2D eigenvalue weighted by Gasteiger charge is 2.26. The summed E-state index contributed by atoms with van der Waals surface area (Å²) < 4.78 is 26.4. The molecule has 6 N–H and O–H groups in total. The minimum absolute atomic E-state index is 0.124. The molecule has 9 heteroatoms. The van der Waals surface area contributed by atoms with E-state index in [0.29, 0.717) is 33.8 Å². The zero-order valence-electron chi connectivity index (χ0n) is 18.7. The lowest BCUT2D eigenvalue weighted by Crippen LogP contribution is -2.14. The van der Waals surface area contributed by atoms with Crippen molar-refractivity contribution in [2.45, 2.75) is 24.0 Å². The van der Waals surface area contributed by atoms with Crippen molar-refractivity contribution in [2.75, 3.05) is 11.5 Å². The highest BCUT2D eigenvalue weighted by molar-refractivity contribution is 7.92. The molecule has 0 saturated heterocycles. The van der Waals surface area contributed by atoms with E-state index in [9.17, 15) is 8.42 Å². The predicted octanol–water partition coefficient (Wildman–Crippen LogP) is 4.63. The van der Waals surface area contributed by atoms with E-state index in [2.05, 4.69) is 15.0 Å². The van der Waals surface area contributed by atoms with Gasteiger partial charge in [0.05, 0.1) is 27.0 Å². The molecule has 0 fully saturated rings. The molecule has 0 amide bonds. The smallest absolute Gasteiger partial charge is 0.198 e. The van der Waals surface area contributed by atoms with Crippen LogP contribution in [0.25, 0.3) is 44.9 Å². The summed E-state index contributed by atoms with van der Waals surface area (Å²) in [7, 11) is -3.64. The van der Waals surface area contributed by atoms with Crippen molar-refractivity contribution >= 4 is 32.5 Å². The van der Waals surface area contributed by atoms with Crippen molar-refractivity contribution < 1.29 is 8.42 Å². The maximum atomic E-state index is 13.2. The van der Waals surface area contributed by atoms with Gasteiger partial charge in [-0.15, -0.1) is 0 Å². The van der Waals surface area contributed by atoms with Crippen LogP contribution in [0.3, 0.4) is 0 Å². The number of rotatable bonds is 5. The quantitative estimate of drug-likeness (QED) is 0.275. The third kappa shape index (κ3) is 3.69. The summed E-state index contributed by atoms with van der Waals surface area (Å²) in [6.07, 6.45) is 0. The molecule has 0 spiro atoms. The molecular weight excluding hydrogens is 448 g/mol. The van der Waals surface area contributed by atoms with Crippen LogP contribution >= 0.6 is 0 Å². The molecule has 0 bridgehead atoms. The average Bonchev–Trinajstić information content (AvgIpc) is 3.42. The Kier molecular flexibility index (Phi) is 5.13. The molecule has 0 aliphatic rings. The van der Waals surface area contributed by atoms with Crippen LogP contribution in [0.1, 0.15) is 13.8 Å². The molecule has 0 aliphatic carbocycles. The van der Waals surface area contributed by atoms with Crippen LogP contribution in [-0.4, -0.2) is 33.6 Å². The fourth-order valence-electron chi connectivity index (χ4n) is 3.89. The molecule has 0 unspecified atom stereocenters. The largest absolute Gasteiger partial charge is 0.399 e. The number of hydrogen-bond acceptors (Lipinski definition) is 6. The zero-order chi connectivity index (χ0) is 24.0. The van der Waals surface area contributed by atoms with Gasteiger partial charge in [0, 0.05) is 22.4 Å². The van der Waals surface area contributed by atoms with Gasteiger partial charge >= 0.3 is 0 Å². The number of sulfone groups is 1. The van der Waals surface area contributed by atoms with Crippen LogP contribution < -0.4 is 11.5 Å². The Labute approximate surface area is 197 Å². The summed E-state index contributed by atoms with van der Waals surface area (Å²) in [5.74, 6) is 0.798. The molecular formula is C25H24N6O2S. The number of aromatic amines is 2. The first-order valence-electron chi connectivity index (χ1n) is 10.8. The lowest BCUT2D eigenvalue weighted by molar-refractivity contribution is 0.588. The highest BCUT2D eigenvalue weighted by Crippen LogP contribution is 2.37. The van der Waals surface area contributed by atoms with Gasteiger partial charge < -0.3 is 21.4 Å². The van der Waals surface area contributed by atoms with Crippen molar-refractivity contribution in [1.29, 1.82) is 0 Å². The van der Waals surface area contributed by atoms with Crippen LogP contribution in [0, 0.1) is 0 Å². The number of nitrogens with two attached hydrogens (primary N) is 2. The highest BCUT2D eigenvalue weighted by atomic mass is 32.2. The zero-order valence-corrected chi connectivity index (χ0v) is 19.5. The number of nitrogens with one attached hydrogen (secondary N) is 2. The Morgan fingerprint density at radius 1 is 0.824 bits per heavy atom. The van der Waals surface area contributed by atoms with E-state index in [1.54, 1.807) is 19.9 Å². The predicted molar refractivity (Wildman–Crippen MR) is 136 cm³/mol. The Hall–Kier alpha value is -4.11. The van der Waals surface area contributed by atoms with Gasteiger partial charge in [-0.1, -0.05) is 30.3 Å². The Balaban J connectivity index is 1.79. The van der Waals surface area contributed by atoms with Gasteiger partial charge in [0.25, 0.3) is 0 Å². The van der Waals surface area contributed by atoms with Crippen LogP contribution in [-0.2, 0) is 9.84 Å². The fourth-order valence-corrected chi connectivity index (χ4v) is 5.11. The summed E-state index contributed by atoms with van der Waals surface area (Å²) >= 11 is 0. The van der Waals surface area contributed by atoms with E-state index >= 15 is 0 Å². The summed E-state index contributed by atoms with van der Waals surface area (Å²) in [4.78, 5) is 15.6. The molecule has 5 aromatic rings. The lowest BCUT2D eigenvalue weighted by atomic mass is 10.0. The number of imidazole rings is 2. The van der Waals surface area contributed by atoms with Crippen LogP contribution in [0.5, 0.6) is 0 Å². The van der Waals surface area contributed by atoms with Gasteiger partial charge in [-0.25, -0.2) is 18.4 Å². The molecule has 8 nitrogen and oxygen atoms in total. The molecule has 0 atom stereocenters. The van der Waals surface area contributed by atoms with Crippen molar-refractivity contribution in [3.05, 3.63) is 66.7 Å². The van der Waals surface area contributed by atoms with E-state index in [0.717, 1.165) is 16.8 Å². The van der Waals surface area contributed by atoms with Crippen LogP contribution in [0.4, 0.5) is 11.6 Å². The second kappa shape index (κ2) is 8.03. The van der Waals surface area contributed by atoms with Gasteiger partial charge in [-0.3, -0.25) is 0 Å². The van der Waals surface area contributed by atoms with Gasteiger partial charge in [0.2, 0.25) is 0 Å². The number of hydrogen-bond donors (Lipinski definition) is 4. The summed E-state index contributed by atoms with van der Waals surface area (Å²) in [6.45, 7) is 3.29. The molecule has 5 rings (SSSR count). The normalized spacial score (nSPS) is 12.0. The van der Waals surface area contributed by atoms with Crippen LogP contribution in [0.15, 0.2) is 71.6 Å². The summed E-state index contributed by atoms with van der Waals surface area (Å²) in [5.41, 5.74) is 17.1.